The van der Waals surface area contributed by atoms with E-state index >= 15 is 0 Å². The van der Waals surface area contributed by atoms with Crippen molar-refractivity contribution in [1.82, 2.24) is 4.90 Å². The lowest BCUT2D eigenvalue weighted by atomic mass is 9.94. The maximum Gasteiger partial charge on any atom is 0.342 e. The van der Waals surface area contributed by atoms with Gasteiger partial charge in [-0.05, 0) is 46.1 Å². The number of amides is 2. The molecule has 2 rings (SSSR count). The van der Waals surface area contributed by atoms with E-state index in [1.807, 2.05) is 25.7 Å². The quantitative estimate of drug-likeness (QED) is 0.739. The molecule has 6 nitrogen and oxygen atoms in total. The fourth-order valence-electron chi connectivity index (χ4n) is 3.61. The molecule has 1 fully saturated rings. The molecule has 0 bridgehead atoms. The van der Waals surface area contributed by atoms with Gasteiger partial charge in [-0.1, -0.05) is 19.3 Å². The molecule has 1 aromatic heterocycles. The van der Waals surface area contributed by atoms with E-state index in [1.165, 1.54) is 24.7 Å². The van der Waals surface area contributed by atoms with Crippen LogP contribution in [0, 0.1) is 13.8 Å². The second-order valence-corrected chi connectivity index (χ2v) is 8.36. The van der Waals surface area contributed by atoms with Crippen LogP contribution in [0.4, 0.5) is 5.00 Å². The van der Waals surface area contributed by atoms with Crippen LogP contribution in [0.5, 0.6) is 0 Å². The van der Waals surface area contributed by atoms with Crippen LogP contribution in [0.2, 0.25) is 0 Å². The van der Waals surface area contributed by atoms with Crippen molar-refractivity contribution < 1.29 is 19.1 Å². The second-order valence-electron chi connectivity index (χ2n) is 7.13. The van der Waals surface area contributed by atoms with E-state index in [0.29, 0.717) is 17.1 Å². The minimum absolute atomic E-state index is 0.150. The first-order chi connectivity index (χ1) is 12.8. The van der Waals surface area contributed by atoms with Gasteiger partial charge in [0.2, 0.25) is 5.91 Å². The van der Waals surface area contributed by atoms with Crippen LogP contribution in [0.25, 0.3) is 0 Å². The minimum atomic E-state index is -0.857. The molecule has 7 heteroatoms. The Kier molecular flexibility index (Phi) is 7.41. The van der Waals surface area contributed by atoms with Crippen LogP contribution in [0.3, 0.4) is 0 Å². The number of likely N-dealkylation sites (N-methyl/N-ethyl adjacent to an activating group) is 1. The van der Waals surface area contributed by atoms with Crippen LogP contribution in [0.15, 0.2) is 0 Å². The predicted molar refractivity (Wildman–Crippen MR) is 107 cm³/mol. The largest absolute Gasteiger partial charge is 0.449 e. The molecule has 0 unspecified atom stereocenters. The Morgan fingerprint density at radius 2 is 1.85 bits per heavy atom. The summed E-state index contributed by atoms with van der Waals surface area (Å²) in [5.41, 5.74) is 1.11. The summed E-state index contributed by atoms with van der Waals surface area (Å²) in [6.45, 7) is 9.30. The first-order valence-corrected chi connectivity index (χ1v) is 10.5. The van der Waals surface area contributed by atoms with Gasteiger partial charge in [0.15, 0.2) is 6.10 Å². The highest BCUT2D eigenvalue weighted by Crippen LogP contribution is 2.33. The van der Waals surface area contributed by atoms with E-state index in [9.17, 15) is 14.4 Å². The van der Waals surface area contributed by atoms with Crippen LogP contribution in [-0.2, 0) is 14.3 Å². The predicted octanol–water partition coefficient (Wildman–Crippen LogP) is 4.05. The Labute approximate surface area is 165 Å². The Morgan fingerprint density at radius 3 is 2.41 bits per heavy atom. The molecule has 27 heavy (non-hydrogen) atoms. The number of aryl methyl sites for hydroxylation is 1. The fraction of sp³-hybridized carbons (Fsp3) is 0.650. The number of carbonyl (C=O) groups is 3. The molecule has 1 atom stereocenters. The standard InChI is InChI=1S/C20H30N2O4S/c1-6-22(16-10-8-7-9-11-16)19(24)13(3)26-20(25)17-12(2)14(4)27-18(17)21-15(5)23/h13,16H,6-11H2,1-5H3,(H,21,23)/t13-/m0/s1. The number of ether oxygens (including phenoxy) is 1. The van der Waals surface area contributed by atoms with Crippen LogP contribution < -0.4 is 5.32 Å². The molecule has 1 aromatic rings. The zero-order valence-corrected chi connectivity index (χ0v) is 17.7. The number of carbonyl (C=O) groups excluding carboxylic acids is 3. The SMILES string of the molecule is CCN(C(=O)[C@H](C)OC(=O)c1c(NC(C)=O)sc(C)c1C)C1CCCCC1. The molecule has 150 valence electrons. The van der Waals surface area contributed by atoms with E-state index in [4.69, 9.17) is 4.74 Å². The van der Waals surface area contributed by atoms with E-state index in [2.05, 4.69) is 5.32 Å². The third-order valence-corrected chi connectivity index (χ3v) is 6.27. The van der Waals surface area contributed by atoms with Crippen molar-refractivity contribution in [2.45, 2.75) is 78.9 Å². The number of esters is 1. The number of thiophene rings is 1. The van der Waals surface area contributed by atoms with Gasteiger partial charge >= 0.3 is 5.97 Å². The fourth-order valence-corrected chi connectivity index (χ4v) is 4.71. The molecule has 0 aromatic carbocycles. The summed E-state index contributed by atoms with van der Waals surface area (Å²) in [6.07, 6.45) is 4.65. The number of rotatable bonds is 6. The topological polar surface area (TPSA) is 75.7 Å². The van der Waals surface area contributed by atoms with Gasteiger partial charge in [0, 0.05) is 24.4 Å². The average Bonchev–Trinajstić information content (AvgIpc) is 2.89. The lowest BCUT2D eigenvalue weighted by Gasteiger charge is -2.35. The summed E-state index contributed by atoms with van der Waals surface area (Å²) in [5.74, 6) is -0.964. The van der Waals surface area contributed by atoms with Crippen molar-refractivity contribution in [2.24, 2.45) is 0 Å². The van der Waals surface area contributed by atoms with E-state index in [0.717, 1.165) is 36.1 Å². The zero-order chi connectivity index (χ0) is 20.1. The molecule has 0 aliphatic heterocycles. The molecule has 1 N–H and O–H groups in total. The Hall–Kier alpha value is -1.89. The third-order valence-electron chi connectivity index (χ3n) is 5.15. The number of nitrogens with one attached hydrogen (secondary N) is 1. The Balaban J connectivity index is 2.12. The van der Waals surface area contributed by atoms with Crippen LogP contribution in [-0.4, -0.2) is 41.4 Å². The summed E-state index contributed by atoms with van der Waals surface area (Å²) in [7, 11) is 0. The van der Waals surface area contributed by atoms with Crippen molar-refractivity contribution in [1.29, 1.82) is 0 Å². The van der Waals surface area contributed by atoms with E-state index < -0.39 is 12.1 Å². The lowest BCUT2D eigenvalue weighted by Crippen LogP contribution is -2.46. The van der Waals surface area contributed by atoms with Crippen molar-refractivity contribution in [3.63, 3.8) is 0 Å². The van der Waals surface area contributed by atoms with Gasteiger partial charge in [-0.2, -0.15) is 0 Å². The molecule has 0 saturated heterocycles. The second kappa shape index (κ2) is 9.35. The van der Waals surface area contributed by atoms with Gasteiger partial charge in [0.25, 0.3) is 5.91 Å². The lowest BCUT2D eigenvalue weighted by molar-refractivity contribution is -0.142. The molecular weight excluding hydrogens is 364 g/mol. The summed E-state index contributed by atoms with van der Waals surface area (Å²) in [6, 6.07) is 0.234. The third kappa shape index (κ3) is 5.09. The molecule has 0 radical (unpaired) electrons. The maximum absolute atomic E-state index is 12.9. The first-order valence-electron chi connectivity index (χ1n) is 9.65. The highest BCUT2D eigenvalue weighted by atomic mass is 32.1. The molecule has 1 heterocycles. The normalized spacial score (nSPS) is 15.9. The highest BCUT2D eigenvalue weighted by molar-refractivity contribution is 7.16. The van der Waals surface area contributed by atoms with E-state index in [1.54, 1.807) is 6.92 Å². The van der Waals surface area contributed by atoms with Gasteiger partial charge in [-0.3, -0.25) is 9.59 Å². The van der Waals surface area contributed by atoms with Crippen LogP contribution >= 0.6 is 11.3 Å². The van der Waals surface area contributed by atoms with Gasteiger partial charge in [-0.25, -0.2) is 4.79 Å². The molecule has 2 amide bonds. The molecule has 1 saturated carbocycles. The van der Waals surface area contributed by atoms with Gasteiger partial charge < -0.3 is 15.0 Å². The number of hydrogen-bond acceptors (Lipinski definition) is 5. The van der Waals surface area contributed by atoms with Gasteiger partial charge in [0.1, 0.15) is 5.00 Å². The first kappa shape index (κ1) is 21.4. The van der Waals surface area contributed by atoms with Gasteiger partial charge in [-0.15, -0.1) is 11.3 Å². The zero-order valence-electron chi connectivity index (χ0n) is 16.9. The van der Waals surface area contributed by atoms with Crippen molar-refractivity contribution >= 4 is 34.1 Å². The maximum atomic E-state index is 12.9. The number of nitrogens with zero attached hydrogens (tertiary/aromatic N) is 1. The number of hydrogen-bond donors (Lipinski definition) is 1. The average molecular weight is 395 g/mol. The van der Waals surface area contributed by atoms with Gasteiger partial charge in [0.05, 0.1) is 5.56 Å². The Bertz CT molecular complexity index is 707. The Morgan fingerprint density at radius 1 is 1.22 bits per heavy atom. The summed E-state index contributed by atoms with van der Waals surface area (Å²) in [4.78, 5) is 39.8. The van der Waals surface area contributed by atoms with E-state index in [-0.39, 0.29) is 17.9 Å². The molecule has 1 aliphatic carbocycles. The van der Waals surface area contributed by atoms with Crippen molar-refractivity contribution in [3.8, 4) is 0 Å². The summed E-state index contributed by atoms with van der Waals surface area (Å²) < 4.78 is 5.51. The highest BCUT2D eigenvalue weighted by Gasteiger charge is 2.31. The van der Waals surface area contributed by atoms with Crippen molar-refractivity contribution in [3.05, 3.63) is 16.0 Å². The molecule has 0 spiro atoms. The smallest absolute Gasteiger partial charge is 0.342 e. The summed E-state index contributed by atoms with van der Waals surface area (Å²) >= 11 is 1.34. The van der Waals surface area contributed by atoms with Crippen LogP contribution in [0.1, 0.15) is 73.7 Å². The molecule has 1 aliphatic rings. The molecular formula is C20H30N2O4S. The summed E-state index contributed by atoms with van der Waals surface area (Å²) in [5, 5.41) is 3.16. The minimum Gasteiger partial charge on any atom is -0.449 e. The monoisotopic (exact) mass is 394 g/mol. The van der Waals surface area contributed by atoms with Crippen molar-refractivity contribution in [2.75, 3.05) is 11.9 Å². The number of anilines is 1.